The van der Waals surface area contributed by atoms with Gasteiger partial charge in [0.1, 0.15) is 11.7 Å². The smallest absolute Gasteiger partial charge is 0.254 e. The zero-order valence-corrected chi connectivity index (χ0v) is 13.6. The Kier molecular flexibility index (Phi) is 4.20. The number of aromatic nitrogens is 4. The standard InChI is InChI=1S/C18H17N5O2/c24-18(13-7-2-1-3-8-13)23-12-5-4-10-15(23)17-20-16(22-25-17)14-9-6-11-19-21-14/h1-3,6-9,11,15H,4-5,10,12H2/t15-/m0/s1. The number of carbonyl (C=O) groups is 1. The Morgan fingerprint density at radius 1 is 1.12 bits per heavy atom. The van der Waals surface area contributed by atoms with Crippen molar-refractivity contribution in [2.75, 3.05) is 6.54 Å². The van der Waals surface area contributed by atoms with Gasteiger partial charge in [0.25, 0.3) is 5.91 Å². The maximum atomic E-state index is 12.9. The highest BCUT2D eigenvalue weighted by atomic mass is 16.5. The zero-order chi connectivity index (χ0) is 17.1. The molecule has 4 rings (SSSR count). The molecule has 1 aliphatic heterocycles. The van der Waals surface area contributed by atoms with Gasteiger partial charge in [-0.3, -0.25) is 4.79 Å². The van der Waals surface area contributed by atoms with E-state index in [1.165, 1.54) is 0 Å². The van der Waals surface area contributed by atoms with E-state index in [0.717, 1.165) is 19.3 Å². The second kappa shape index (κ2) is 6.80. The second-order valence-electron chi connectivity index (χ2n) is 5.94. The lowest BCUT2D eigenvalue weighted by Gasteiger charge is -2.33. The molecule has 7 heteroatoms. The number of amides is 1. The molecule has 1 aromatic carbocycles. The topological polar surface area (TPSA) is 85.0 Å². The number of carbonyl (C=O) groups excluding carboxylic acids is 1. The van der Waals surface area contributed by atoms with Crippen LogP contribution in [0.2, 0.25) is 0 Å². The lowest BCUT2D eigenvalue weighted by molar-refractivity contribution is 0.0561. The van der Waals surface area contributed by atoms with Gasteiger partial charge in [-0.2, -0.15) is 10.1 Å². The van der Waals surface area contributed by atoms with Crippen molar-refractivity contribution in [3.05, 3.63) is 60.1 Å². The molecule has 0 N–H and O–H groups in total. The Labute approximate surface area is 144 Å². The Morgan fingerprint density at radius 2 is 2.00 bits per heavy atom. The summed E-state index contributed by atoms with van der Waals surface area (Å²) in [6, 6.07) is 12.6. The molecule has 3 heterocycles. The quantitative estimate of drug-likeness (QED) is 0.731. The molecule has 25 heavy (non-hydrogen) atoms. The molecular weight excluding hydrogens is 318 g/mol. The van der Waals surface area contributed by atoms with Crippen LogP contribution in [0.4, 0.5) is 0 Å². The van der Waals surface area contributed by atoms with Crippen LogP contribution in [-0.2, 0) is 0 Å². The molecule has 1 saturated heterocycles. The maximum absolute atomic E-state index is 12.9. The van der Waals surface area contributed by atoms with E-state index in [4.69, 9.17) is 4.52 Å². The van der Waals surface area contributed by atoms with E-state index >= 15 is 0 Å². The van der Waals surface area contributed by atoms with E-state index in [1.807, 2.05) is 35.2 Å². The molecule has 0 bridgehead atoms. The lowest BCUT2D eigenvalue weighted by atomic mass is 10.0. The molecule has 1 fully saturated rings. The number of rotatable bonds is 3. The number of hydrogen-bond donors (Lipinski definition) is 0. The number of likely N-dealkylation sites (tertiary alicyclic amines) is 1. The summed E-state index contributed by atoms with van der Waals surface area (Å²) < 4.78 is 5.45. The van der Waals surface area contributed by atoms with E-state index in [-0.39, 0.29) is 11.9 Å². The van der Waals surface area contributed by atoms with E-state index in [1.54, 1.807) is 18.3 Å². The number of hydrogen-bond acceptors (Lipinski definition) is 6. The zero-order valence-electron chi connectivity index (χ0n) is 13.6. The summed E-state index contributed by atoms with van der Waals surface area (Å²) in [6.07, 6.45) is 4.39. The highest BCUT2D eigenvalue weighted by molar-refractivity contribution is 5.94. The highest BCUT2D eigenvalue weighted by Crippen LogP contribution is 2.32. The summed E-state index contributed by atoms with van der Waals surface area (Å²) in [5, 5.41) is 11.8. The monoisotopic (exact) mass is 335 g/mol. The lowest BCUT2D eigenvalue weighted by Crippen LogP contribution is -2.38. The fourth-order valence-corrected chi connectivity index (χ4v) is 3.07. The third-order valence-corrected chi connectivity index (χ3v) is 4.31. The first kappa shape index (κ1) is 15.4. The van der Waals surface area contributed by atoms with Gasteiger partial charge < -0.3 is 9.42 Å². The average Bonchev–Trinajstić information content (AvgIpc) is 3.19. The van der Waals surface area contributed by atoms with Crippen molar-refractivity contribution in [3.8, 4) is 11.5 Å². The molecule has 126 valence electrons. The molecule has 0 saturated carbocycles. The minimum absolute atomic E-state index is 0.00967. The van der Waals surface area contributed by atoms with Gasteiger partial charge in [-0.25, -0.2) is 0 Å². The first-order chi connectivity index (χ1) is 12.3. The van der Waals surface area contributed by atoms with Gasteiger partial charge in [0.15, 0.2) is 0 Å². The summed E-state index contributed by atoms with van der Waals surface area (Å²) in [4.78, 5) is 19.2. The molecular formula is C18H17N5O2. The van der Waals surface area contributed by atoms with Crippen molar-refractivity contribution in [1.29, 1.82) is 0 Å². The Balaban J connectivity index is 1.62. The fourth-order valence-electron chi connectivity index (χ4n) is 3.07. The van der Waals surface area contributed by atoms with Crippen molar-refractivity contribution < 1.29 is 9.32 Å². The van der Waals surface area contributed by atoms with Crippen molar-refractivity contribution in [1.82, 2.24) is 25.2 Å². The molecule has 0 radical (unpaired) electrons. The predicted molar refractivity (Wildman–Crippen MR) is 89.4 cm³/mol. The number of nitrogens with zero attached hydrogens (tertiary/aromatic N) is 5. The van der Waals surface area contributed by atoms with Crippen LogP contribution in [0.3, 0.4) is 0 Å². The number of piperidine rings is 1. The molecule has 3 aromatic rings. The van der Waals surface area contributed by atoms with Crippen molar-refractivity contribution in [2.45, 2.75) is 25.3 Å². The van der Waals surface area contributed by atoms with Crippen LogP contribution in [0.1, 0.15) is 41.6 Å². The molecule has 0 spiro atoms. The summed E-state index contributed by atoms with van der Waals surface area (Å²) in [6.45, 7) is 0.682. The van der Waals surface area contributed by atoms with Gasteiger partial charge in [-0.15, -0.1) is 5.10 Å². The van der Waals surface area contributed by atoms with Crippen molar-refractivity contribution >= 4 is 5.91 Å². The molecule has 1 atom stereocenters. The molecule has 0 aliphatic carbocycles. The summed E-state index contributed by atoms with van der Waals surface area (Å²) >= 11 is 0. The van der Waals surface area contributed by atoms with E-state index in [2.05, 4.69) is 20.3 Å². The van der Waals surface area contributed by atoms with Crippen molar-refractivity contribution in [2.24, 2.45) is 0 Å². The van der Waals surface area contributed by atoms with Crippen LogP contribution in [0, 0.1) is 0 Å². The maximum Gasteiger partial charge on any atom is 0.254 e. The van der Waals surface area contributed by atoms with Crippen LogP contribution in [0.5, 0.6) is 0 Å². The summed E-state index contributed by atoms with van der Waals surface area (Å²) in [7, 11) is 0. The van der Waals surface area contributed by atoms with Gasteiger partial charge in [-0.05, 0) is 43.5 Å². The number of benzene rings is 1. The van der Waals surface area contributed by atoms with Gasteiger partial charge in [0.05, 0.1) is 0 Å². The van der Waals surface area contributed by atoms with Gasteiger partial charge in [-0.1, -0.05) is 23.4 Å². The molecule has 2 aromatic heterocycles. The Morgan fingerprint density at radius 3 is 2.80 bits per heavy atom. The Hall–Kier alpha value is -3.09. The van der Waals surface area contributed by atoms with Crippen LogP contribution in [0.25, 0.3) is 11.5 Å². The fraction of sp³-hybridized carbons (Fsp3) is 0.278. The van der Waals surface area contributed by atoms with Crippen LogP contribution >= 0.6 is 0 Å². The minimum Gasteiger partial charge on any atom is -0.337 e. The van der Waals surface area contributed by atoms with E-state index in [0.29, 0.717) is 29.5 Å². The molecule has 7 nitrogen and oxygen atoms in total. The molecule has 1 aliphatic rings. The molecule has 1 amide bonds. The first-order valence-electron chi connectivity index (χ1n) is 8.30. The van der Waals surface area contributed by atoms with Crippen LogP contribution in [0.15, 0.2) is 53.2 Å². The normalized spacial score (nSPS) is 17.4. The first-order valence-corrected chi connectivity index (χ1v) is 8.30. The minimum atomic E-state index is -0.209. The van der Waals surface area contributed by atoms with Gasteiger partial charge in [0, 0.05) is 18.3 Å². The van der Waals surface area contributed by atoms with E-state index < -0.39 is 0 Å². The second-order valence-corrected chi connectivity index (χ2v) is 5.94. The highest BCUT2D eigenvalue weighted by Gasteiger charge is 2.32. The third kappa shape index (κ3) is 3.13. The van der Waals surface area contributed by atoms with Crippen LogP contribution < -0.4 is 0 Å². The van der Waals surface area contributed by atoms with Gasteiger partial charge in [0.2, 0.25) is 11.7 Å². The largest absolute Gasteiger partial charge is 0.337 e. The Bertz CT molecular complexity index is 850. The van der Waals surface area contributed by atoms with E-state index in [9.17, 15) is 4.79 Å². The predicted octanol–water partition coefficient (Wildman–Crippen LogP) is 2.89. The molecule has 0 unspecified atom stereocenters. The average molecular weight is 335 g/mol. The summed E-state index contributed by atoms with van der Waals surface area (Å²) in [5.41, 5.74) is 1.22. The third-order valence-electron chi connectivity index (χ3n) is 4.31. The van der Waals surface area contributed by atoms with Gasteiger partial charge >= 0.3 is 0 Å². The summed E-state index contributed by atoms with van der Waals surface area (Å²) in [5.74, 6) is 0.829. The van der Waals surface area contributed by atoms with Crippen molar-refractivity contribution in [3.63, 3.8) is 0 Å². The SMILES string of the molecule is O=C(c1ccccc1)N1CCCC[C@H]1c1nc(-c2cccnn2)no1. The van der Waals surface area contributed by atoms with Crippen LogP contribution in [-0.4, -0.2) is 37.7 Å².